The second kappa shape index (κ2) is 8.68. The number of ether oxygens (including phenoxy) is 1. The third-order valence-electron chi connectivity index (χ3n) is 3.58. The molecule has 2 N–H and O–H groups in total. The van der Waals surface area contributed by atoms with Crippen LogP contribution in [0.5, 0.6) is 0 Å². The summed E-state index contributed by atoms with van der Waals surface area (Å²) >= 11 is 0. The summed E-state index contributed by atoms with van der Waals surface area (Å²) in [6.45, 7) is 3.49. The van der Waals surface area contributed by atoms with Crippen LogP contribution < -0.4 is 4.72 Å². The molecule has 0 fully saturated rings. The number of carboxylic acids is 1. The van der Waals surface area contributed by atoms with Crippen molar-refractivity contribution in [1.29, 1.82) is 0 Å². The molecule has 2 aromatic carbocycles. The van der Waals surface area contributed by atoms with Crippen LogP contribution in [0.3, 0.4) is 0 Å². The predicted molar refractivity (Wildman–Crippen MR) is 100 cm³/mol. The molecule has 0 heterocycles. The van der Waals surface area contributed by atoms with Gasteiger partial charge in [0.25, 0.3) is 10.0 Å². The highest BCUT2D eigenvalue weighted by Crippen LogP contribution is 2.18. The molecule has 0 aliphatic heterocycles. The standard InChI is InChI=1S/C19H21NO6S/c1-13(2)26-19(23)15-6-8-16(9-7-15)20-27(24,25)17-10-3-14(4-11-17)5-12-18(21)22/h3-4,6-11,13,20H,5,12H2,1-2H3,(H,21,22). The first-order valence-corrected chi connectivity index (χ1v) is 9.80. The zero-order chi connectivity index (χ0) is 20.0. The monoisotopic (exact) mass is 391 g/mol. The van der Waals surface area contributed by atoms with Crippen LogP contribution in [-0.2, 0) is 26.0 Å². The molecule has 144 valence electrons. The normalized spacial score (nSPS) is 11.2. The largest absolute Gasteiger partial charge is 0.481 e. The number of carbonyl (C=O) groups excluding carboxylic acids is 1. The second-order valence-electron chi connectivity index (χ2n) is 6.17. The van der Waals surface area contributed by atoms with Crippen molar-refractivity contribution < 1.29 is 27.9 Å². The van der Waals surface area contributed by atoms with Crippen molar-refractivity contribution in [2.75, 3.05) is 4.72 Å². The van der Waals surface area contributed by atoms with Crippen molar-refractivity contribution in [2.45, 2.75) is 37.7 Å². The Morgan fingerprint density at radius 3 is 2.15 bits per heavy atom. The number of rotatable bonds is 8. The van der Waals surface area contributed by atoms with Crippen molar-refractivity contribution in [3.05, 3.63) is 59.7 Å². The molecule has 0 saturated heterocycles. The summed E-state index contributed by atoms with van der Waals surface area (Å²) in [6, 6.07) is 12.0. The number of carboxylic acid groups (broad SMARTS) is 1. The number of hydrogen-bond acceptors (Lipinski definition) is 5. The van der Waals surface area contributed by atoms with Gasteiger partial charge in [-0.3, -0.25) is 9.52 Å². The number of hydrogen-bond donors (Lipinski definition) is 2. The topological polar surface area (TPSA) is 110 Å². The van der Waals surface area contributed by atoms with E-state index in [1.165, 1.54) is 36.4 Å². The Labute approximate surface area is 158 Å². The molecular formula is C19H21NO6S. The van der Waals surface area contributed by atoms with Crippen LogP contribution in [0.25, 0.3) is 0 Å². The number of sulfonamides is 1. The molecule has 7 nitrogen and oxygen atoms in total. The van der Waals surface area contributed by atoms with Gasteiger partial charge in [-0.05, 0) is 62.2 Å². The van der Waals surface area contributed by atoms with Gasteiger partial charge in [-0.1, -0.05) is 12.1 Å². The van der Waals surface area contributed by atoms with E-state index in [0.717, 1.165) is 5.56 Å². The van der Waals surface area contributed by atoms with Crippen LogP contribution in [0.15, 0.2) is 53.4 Å². The summed E-state index contributed by atoms with van der Waals surface area (Å²) in [6.07, 6.45) is 0.0709. The van der Waals surface area contributed by atoms with Crippen molar-refractivity contribution in [1.82, 2.24) is 0 Å². The van der Waals surface area contributed by atoms with Gasteiger partial charge < -0.3 is 9.84 Å². The van der Waals surface area contributed by atoms with Crippen LogP contribution >= 0.6 is 0 Å². The number of anilines is 1. The summed E-state index contributed by atoms with van der Waals surface area (Å²) < 4.78 is 32.4. The number of benzene rings is 2. The average molecular weight is 391 g/mol. The summed E-state index contributed by atoms with van der Waals surface area (Å²) in [4.78, 5) is 22.4. The number of carbonyl (C=O) groups is 2. The van der Waals surface area contributed by atoms with Gasteiger partial charge in [0.2, 0.25) is 0 Å². The van der Waals surface area contributed by atoms with Gasteiger partial charge in [-0.2, -0.15) is 0 Å². The Morgan fingerprint density at radius 2 is 1.63 bits per heavy atom. The van der Waals surface area contributed by atoms with Gasteiger partial charge in [-0.25, -0.2) is 13.2 Å². The Morgan fingerprint density at radius 1 is 1.04 bits per heavy atom. The first-order chi connectivity index (χ1) is 12.7. The van der Waals surface area contributed by atoms with E-state index < -0.39 is 22.0 Å². The molecular weight excluding hydrogens is 370 g/mol. The van der Waals surface area contributed by atoms with Gasteiger partial charge >= 0.3 is 11.9 Å². The van der Waals surface area contributed by atoms with Gasteiger partial charge in [0.1, 0.15) is 0 Å². The predicted octanol–water partition coefficient (Wildman–Crippen LogP) is 3.07. The first-order valence-electron chi connectivity index (χ1n) is 8.32. The molecule has 0 radical (unpaired) electrons. The van der Waals surface area contributed by atoms with Crippen LogP contribution in [0.4, 0.5) is 5.69 Å². The summed E-state index contributed by atoms with van der Waals surface area (Å²) in [5.74, 6) is -1.38. The van der Waals surface area contributed by atoms with Crippen LogP contribution in [0.2, 0.25) is 0 Å². The van der Waals surface area contributed by atoms with Gasteiger partial charge in [0, 0.05) is 12.1 Å². The van der Waals surface area contributed by atoms with E-state index in [1.807, 2.05) is 0 Å². The van der Waals surface area contributed by atoms with E-state index in [0.29, 0.717) is 17.7 Å². The maximum absolute atomic E-state index is 12.4. The van der Waals surface area contributed by atoms with E-state index in [1.54, 1.807) is 26.0 Å². The Balaban J connectivity index is 2.07. The van der Waals surface area contributed by atoms with Gasteiger partial charge in [-0.15, -0.1) is 0 Å². The highest BCUT2D eigenvalue weighted by molar-refractivity contribution is 7.92. The van der Waals surface area contributed by atoms with E-state index >= 15 is 0 Å². The first kappa shape index (κ1) is 20.4. The lowest BCUT2D eigenvalue weighted by Gasteiger charge is -2.10. The molecule has 0 atom stereocenters. The summed E-state index contributed by atoms with van der Waals surface area (Å²) in [7, 11) is -3.80. The molecule has 0 spiro atoms. The lowest BCUT2D eigenvalue weighted by molar-refractivity contribution is -0.136. The number of nitrogens with one attached hydrogen (secondary N) is 1. The maximum Gasteiger partial charge on any atom is 0.338 e. The summed E-state index contributed by atoms with van der Waals surface area (Å²) in [5.41, 5.74) is 1.38. The maximum atomic E-state index is 12.4. The van der Waals surface area contributed by atoms with Crippen molar-refractivity contribution in [3.8, 4) is 0 Å². The van der Waals surface area contributed by atoms with E-state index in [9.17, 15) is 18.0 Å². The van der Waals surface area contributed by atoms with Crippen LogP contribution in [0.1, 0.15) is 36.2 Å². The average Bonchev–Trinajstić information content (AvgIpc) is 2.60. The molecule has 0 saturated carbocycles. The zero-order valence-electron chi connectivity index (χ0n) is 15.0. The van der Waals surface area contributed by atoms with E-state index in [4.69, 9.17) is 9.84 Å². The second-order valence-corrected chi connectivity index (χ2v) is 7.86. The van der Waals surface area contributed by atoms with Crippen LogP contribution in [0, 0.1) is 0 Å². The molecule has 0 aliphatic carbocycles. The minimum Gasteiger partial charge on any atom is -0.481 e. The fourth-order valence-electron chi connectivity index (χ4n) is 2.26. The van der Waals surface area contributed by atoms with E-state index in [-0.39, 0.29) is 17.4 Å². The lowest BCUT2D eigenvalue weighted by atomic mass is 10.1. The van der Waals surface area contributed by atoms with Gasteiger partial charge in [0.15, 0.2) is 0 Å². The number of aryl methyl sites for hydroxylation is 1. The minimum absolute atomic E-state index is 0.0179. The highest BCUT2D eigenvalue weighted by Gasteiger charge is 2.15. The minimum atomic E-state index is -3.80. The Bertz CT molecular complexity index is 902. The molecule has 2 rings (SSSR count). The van der Waals surface area contributed by atoms with Crippen molar-refractivity contribution >= 4 is 27.6 Å². The lowest BCUT2D eigenvalue weighted by Crippen LogP contribution is -2.14. The van der Waals surface area contributed by atoms with Gasteiger partial charge in [0.05, 0.1) is 16.6 Å². The molecule has 0 aromatic heterocycles. The molecule has 0 aliphatic rings. The van der Waals surface area contributed by atoms with Crippen molar-refractivity contribution in [3.63, 3.8) is 0 Å². The number of aliphatic carboxylic acids is 1. The van der Waals surface area contributed by atoms with E-state index in [2.05, 4.69) is 4.72 Å². The molecule has 2 aromatic rings. The Hall–Kier alpha value is -2.87. The molecule has 0 unspecified atom stereocenters. The SMILES string of the molecule is CC(C)OC(=O)c1ccc(NS(=O)(=O)c2ccc(CCC(=O)O)cc2)cc1. The fraction of sp³-hybridized carbons (Fsp3) is 0.263. The smallest absolute Gasteiger partial charge is 0.338 e. The quantitative estimate of drug-likeness (QED) is 0.669. The highest BCUT2D eigenvalue weighted by atomic mass is 32.2. The zero-order valence-corrected chi connectivity index (χ0v) is 15.8. The van der Waals surface area contributed by atoms with Crippen molar-refractivity contribution in [2.24, 2.45) is 0 Å². The molecule has 8 heteroatoms. The number of esters is 1. The third kappa shape index (κ3) is 6.10. The fourth-order valence-corrected chi connectivity index (χ4v) is 3.32. The summed E-state index contributed by atoms with van der Waals surface area (Å²) in [5, 5.41) is 8.68. The molecule has 27 heavy (non-hydrogen) atoms. The van der Waals surface area contributed by atoms with Crippen LogP contribution in [-0.4, -0.2) is 31.6 Å². The molecule has 0 bridgehead atoms. The molecule has 0 amide bonds. The third-order valence-corrected chi connectivity index (χ3v) is 4.97. The Kier molecular flexibility index (Phi) is 6.57.